The molecule has 0 unspecified atom stereocenters. The van der Waals surface area contributed by atoms with Crippen LogP contribution < -0.4 is 4.90 Å². The Morgan fingerprint density at radius 3 is 1.80 bits per heavy atom. The van der Waals surface area contributed by atoms with Crippen LogP contribution in [0.25, 0.3) is 94.7 Å². The number of rotatable bonds is 6. The van der Waals surface area contributed by atoms with Crippen molar-refractivity contribution in [1.29, 1.82) is 0 Å². The molecular weight excluding hydrogens is 731 g/mol. The van der Waals surface area contributed by atoms with Gasteiger partial charge in [0.15, 0.2) is 17.5 Å². The van der Waals surface area contributed by atoms with Gasteiger partial charge in [0.2, 0.25) is 0 Å². The highest BCUT2D eigenvalue weighted by atomic mass is 15.2. The molecule has 5 nitrogen and oxygen atoms in total. The Morgan fingerprint density at radius 1 is 0.383 bits per heavy atom. The second-order valence-electron chi connectivity index (χ2n) is 14.6. The van der Waals surface area contributed by atoms with Crippen molar-refractivity contribution in [3.05, 3.63) is 212 Å². The van der Waals surface area contributed by atoms with Crippen molar-refractivity contribution in [1.82, 2.24) is 19.5 Å². The molecule has 0 N–H and O–H groups in total. The highest BCUT2D eigenvalue weighted by molar-refractivity contribution is 6.14. The summed E-state index contributed by atoms with van der Waals surface area (Å²) in [6, 6.07) is 47.4. The molecule has 0 amide bonds. The fraction of sp³-hybridized carbons (Fsp3) is 0. The van der Waals surface area contributed by atoms with Crippen LogP contribution in [-0.2, 0) is 0 Å². The molecular formula is C55H35N5. The quantitative estimate of drug-likeness (QED) is 0.169. The predicted octanol–water partition coefficient (Wildman–Crippen LogP) is 14.2. The molecule has 1 aliphatic heterocycles. The molecule has 280 valence electrons. The number of hydrogen-bond donors (Lipinski definition) is 0. The van der Waals surface area contributed by atoms with Crippen molar-refractivity contribution >= 4 is 49.6 Å². The van der Waals surface area contributed by atoms with Gasteiger partial charge >= 0.3 is 0 Å². The smallest absolute Gasteiger partial charge is 0.164 e. The molecule has 0 saturated heterocycles. The van der Waals surface area contributed by atoms with Crippen molar-refractivity contribution < 1.29 is 12.3 Å². The van der Waals surface area contributed by atoms with E-state index in [1.807, 2.05) is 97.1 Å². The van der Waals surface area contributed by atoms with Crippen molar-refractivity contribution in [3.63, 3.8) is 0 Å². The molecule has 0 atom stereocenters. The van der Waals surface area contributed by atoms with Crippen LogP contribution in [0, 0.1) is 0 Å². The minimum atomic E-state index is -0.653. The molecule has 9 aromatic carbocycles. The van der Waals surface area contributed by atoms with Crippen molar-refractivity contribution in [2.24, 2.45) is 0 Å². The van der Waals surface area contributed by atoms with Crippen LogP contribution in [0.1, 0.15) is 12.3 Å². The summed E-state index contributed by atoms with van der Waals surface area (Å²) in [7, 11) is 0. The second-order valence-corrected chi connectivity index (χ2v) is 14.6. The Hall–Kier alpha value is -8.15. The van der Waals surface area contributed by atoms with E-state index in [0.29, 0.717) is 11.1 Å². The molecule has 0 saturated carbocycles. The number of benzene rings is 9. The van der Waals surface area contributed by atoms with Gasteiger partial charge in [0.1, 0.15) is 0 Å². The Kier molecular flexibility index (Phi) is 5.95. The molecule has 2 aromatic heterocycles. The summed E-state index contributed by atoms with van der Waals surface area (Å²) in [6.07, 6.45) is 0. The van der Waals surface area contributed by atoms with E-state index in [-0.39, 0.29) is 23.0 Å². The molecule has 0 aliphatic carbocycles. The lowest BCUT2D eigenvalue weighted by Gasteiger charge is -2.33. The highest BCUT2D eigenvalue weighted by Gasteiger charge is 2.26. The minimum absolute atomic E-state index is 0.138. The van der Waals surface area contributed by atoms with E-state index >= 15 is 0 Å². The van der Waals surface area contributed by atoms with Gasteiger partial charge in [0.05, 0.1) is 34.7 Å². The second kappa shape index (κ2) is 13.8. The lowest BCUT2D eigenvalue weighted by atomic mass is 9.91. The molecule has 3 heterocycles. The third kappa shape index (κ3) is 5.52. The Balaban J connectivity index is 1.06. The van der Waals surface area contributed by atoms with E-state index in [0.717, 1.165) is 66.5 Å². The Labute approximate surface area is 359 Å². The summed E-state index contributed by atoms with van der Waals surface area (Å²) in [5.41, 5.74) is 8.19. The zero-order valence-electron chi connectivity index (χ0n) is 40.7. The molecule has 0 radical (unpaired) electrons. The maximum atomic E-state index is 9.34. The monoisotopic (exact) mass is 774 g/mol. The topological polar surface area (TPSA) is 46.8 Å². The normalized spacial score (nSPS) is 14.1. The van der Waals surface area contributed by atoms with E-state index < -0.39 is 65.5 Å². The van der Waals surface area contributed by atoms with Crippen molar-refractivity contribution in [2.45, 2.75) is 0 Å². The van der Waals surface area contributed by atoms with Crippen molar-refractivity contribution in [3.8, 4) is 62.1 Å². The summed E-state index contributed by atoms with van der Waals surface area (Å²) in [4.78, 5) is 17.1. The third-order valence-electron chi connectivity index (χ3n) is 11.1. The van der Waals surface area contributed by atoms with Gasteiger partial charge in [-0.15, -0.1) is 0 Å². The van der Waals surface area contributed by atoms with E-state index in [2.05, 4.69) is 70.1 Å². The van der Waals surface area contributed by atoms with Gasteiger partial charge in [-0.05, 0) is 82.7 Å². The lowest BCUT2D eigenvalue weighted by molar-refractivity contribution is 1.07. The molecule has 11 aromatic rings. The predicted molar refractivity (Wildman–Crippen MR) is 247 cm³/mol. The van der Waals surface area contributed by atoms with Gasteiger partial charge < -0.3 is 9.47 Å². The zero-order valence-corrected chi connectivity index (χ0v) is 31.7. The Bertz CT molecular complexity index is 3910. The SMILES string of the molecule is [2H]c1c([2H])c([2H])c(-c2c([2H])c([2H])c(-c3nc(-c4ccc(N5c6ccccc6-c6cccc7cccc5c67)cc4)nc(-c4ccc5c6ccccc6n(-c6ccccc6)c5c4)n3)c([2H])c2[2H])c([2H])c1[2H]. The number of anilines is 3. The number of aromatic nitrogens is 4. The molecule has 0 spiro atoms. The van der Waals surface area contributed by atoms with Crippen molar-refractivity contribution in [2.75, 3.05) is 4.90 Å². The zero-order chi connectivity index (χ0) is 47.4. The van der Waals surface area contributed by atoms with Crippen LogP contribution in [0.5, 0.6) is 0 Å². The Morgan fingerprint density at radius 2 is 0.983 bits per heavy atom. The fourth-order valence-electron chi connectivity index (χ4n) is 8.43. The average Bonchev–Trinajstić information content (AvgIpc) is 3.72. The van der Waals surface area contributed by atoms with Gasteiger partial charge in [-0.3, -0.25) is 0 Å². The molecule has 12 rings (SSSR count). The van der Waals surface area contributed by atoms with E-state index in [9.17, 15) is 5.48 Å². The standard InChI is InChI=1S/C55H35N5/c1-3-13-36(14-4-1)37-25-27-39(28-26-37)53-56-54(58-55(57-53)41-31-34-46-44-19-7-9-22-48(44)60(51(46)35-41)42-17-5-2-6-18-42)40-29-32-43(33-30-40)59-49-23-10-8-20-45(49)47-21-11-15-38-16-12-24-50(59)52(38)47/h1-35H/i1D,3D,4D,13D,14D,25D,26D,27D,28D. The summed E-state index contributed by atoms with van der Waals surface area (Å²) < 4.78 is 81.1. The fourth-order valence-corrected chi connectivity index (χ4v) is 8.43. The van der Waals surface area contributed by atoms with Crippen LogP contribution in [0.4, 0.5) is 17.1 Å². The first-order chi connectivity index (χ1) is 33.5. The summed E-state index contributed by atoms with van der Waals surface area (Å²) in [6.45, 7) is 0. The first-order valence-electron chi connectivity index (χ1n) is 24.0. The number of nitrogens with zero attached hydrogens (tertiary/aromatic N) is 5. The first kappa shape index (κ1) is 26.0. The van der Waals surface area contributed by atoms with Crippen LogP contribution in [0.2, 0.25) is 0 Å². The van der Waals surface area contributed by atoms with Gasteiger partial charge in [0.25, 0.3) is 0 Å². The van der Waals surface area contributed by atoms with Gasteiger partial charge in [-0.1, -0.05) is 151 Å². The van der Waals surface area contributed by atoms with E-state index in [1.165, 1.54) is 0 Å². The average molecular weight is 775 g/mol. The molecule has 5 heteroatoms. The third-order valence-corrected chi connectivity index (χ3v) is 11.1. The maximum absolute atomic E-state index is 9.34. The number of para-hydroxylation sites is 3. The molecule has 1 aliphatic rings. The van der Waals surface area contributed by atoms with Gasteiger partial charge in [0, 0.05) is 49.8 Å². The van der Waals surface area contributed by atoms with Crippen LogP contribution in [0.3, 0.4) is 0 Å². The van der Waals surface area contributed by atoms with Crippen LogP contribution in [0.15, 0.2) is 212 Å². The summed E-state index contributed by atoms with van der Waals surface area (Å²) in [5, 5.41) is 4.34. The molecule has 0 fully saturated rings. The van der Waals surface area contributed by atoms with Gasteiger partial charge in [-0.25, -0.2) is 15.0 Å². The summed E-state index contributed by atoms with van der Waals surface area (Å²) >= 11 is 0. The van der Waals surface area contributed by atoms with Crippen LogP contribution in [-0.4, -0.2) is 19.5 Å². The molecule has 60 heavy (non-hydrogen) atoms. The summed E-state index contributed by atoms with van der Waals surface area (Å²) in [5.74, 6) is 0.287. The lowest BCUT2D eigenvalue weighted by Crippen LogP contribution is -2.14. The largest absolute Gasteiger partial charge is 0.309 e. The molecule has 0 bridgehead atoms. The van der Waals surface area contributed by atoms with E-state index in [1.54, 1.807) is 0 Å². The van der Waals surface area contributed by atoms with E-state index in [4.69, 9.17) is 21.8 Å². The highest BCUT2D eigenvalue weighted by Crippen LogP contribution is 2.50. The number of hydrogen-bond acceptors (Lipinski definition) is 4. The van der Waals surface area contributed by atoms with Gasteiger partial charge in [-0.2, -0.15) is 0 Å². The number of fused-ring (bicyclic) bond motifs is 5. The van der Waals surface area contributed by atoms with Crippen LogP contribution >= 0.6 is 0 Å². The minimum Gasteiger partial charge on any atom is -0.309 e. The maximum Gasteiger partial charge on any atom is 0.164 e. The first-order valence-corrected chi connectivity index (χ1v) is 19.5.